The molecule has 0 unspecified atom stereocenters. The minimum Gasteiger partial charge on any atom is -0.399 e. The second-order valence-corrected chi connectivity index (χ2v) is 7.14. The molecule has 0 radical (unpaired) electrons. The third-order valence-electron chi connectivity index (χ3n) is 3.36. The van der Waals surface area contributed by atoms with Crippen LogP contribution in [0.1, 0.15) is 0 Å². The summed E-state index contributed by atoms with van der Waals surface area (Å²) in [7, 11) is 0. The minimum atomic E-state index is -0.423. The van der Waals surface area contributed by atoms with Crippen molar-refractivity contribution in [3.05, 3.63) is 81.8 Å². The first-order valence-electron chi connectivity index (χ1n) is 8.03. The number of rotatable bonds is 5. The lowest BCUT2D eigenvalue weighted by atomic mass is 10.3. The predicted molar refractivity (Wildman–Crippen MR) is 115 cm³/mol. The van der Waals surface area contributed by atoms with E-state index < -0.39 is 4.92 Å². The van der Waals surface area contributed by atoms with Crippen LogP contribution in [0.15, 0.2) is 71.7 Å². The first-order valence-corrected chi connectivity index (χ1v) is 9.79. The number of nitrogens with one attached hydrogen (secondary N) is 2. The van der Waals surface area contributed by atoms with Crippen LogP contribution in [0.4, 0.5) is 33.0 Å². The molecule has 0 aliphatic heterocycles. The molecule has 0 bridgehead atoms. The van der Waals surface area contributed by atoms with Crippen molar-refractivity contribution in [1.29, 1.82) is 0 Å². The van der Waals surface area contributed by atoms with Gasteiger partial charge >= 0.3 is 0 Å². The molecule has 0 spiro atoms. The average molecular weight is 413 g/mol. The van der Waals surface area contributed by atoms with Gasteiger partial charge < -0.3 is 16.4 Å². The van der Waals surface area contributed by atoms with Crippen molar-refractivity contribution in [2.24, 2.45) is 0 Å². The number of anilines is 5. The molecule has 0 aliphatic carbocycles. The van der Waals surface area contributed by atoms with Gasteiger partial charge in [0.1, 0.15) is 0 Å². The molecule has 0 atom stereocenters. The molecule has 8 nitrogen and oxygen atoms in total. The van der Waals surface area contributed by atoms with E-state index in [1.54, 1.807) is 35.9 Å². The highest BCUT2D eigenvalue weighted by Crippen LogP contribution is 2.21. The quantitative estimate of drug-likeness (QED) is 0.232. The standard InChI is InChI=1S/C9H7N3O2S.C9H9N3S/c13-12(14)8-3-1-7(2-4-8)11-9-10-5-6-15-9;10-7-1-3-8(4-2-7)12-9-11-5-6-13-9/h1-6H,(H,10,11);1-6H,10H2,(H,11,12). The molecule has 4 N–H and O–H groups in total. The molecular formula is C18H16N6O2S2. The van der Waals surface area contributed by atoms with E-state index in [1.165, 1.54) is 23.5 Å². The normalized spacial score (nSPS) is 9.86. The lowest BCUT2D eigenvalue weighted by Crippen LogP contribution is -1.90. The van der Waals surface area contributed by atoms with Crippen LogP contribution >= 0.6 is 22.7 Å². The zero-order valence-electron chi connectivity index (χ0n) is 14.5. The molecule has 28 heavy (non-hydrogen) atoms. The summed E-state index contributed by atoms with van der Waals surface area (Å²) in [5.74, 6) is 0. The van der Waals surface area contributed by atoms with Gasteiger partial charge in [0.15, 0.2) is 10.3 Å². The highest BCUT2D eigenvalue weighted by atomic mass is 32.1. The van der Waals surface area contributed by atoms with Gasteiger partial charge in [-0.1, -0.05) is 0 Å². The molecule has 10 heteroatoms. The lowest BCUT2D eigenvalue weighted by Gasteiger charge is -2.01. The van der Waals surface area contributed by atoms with Crippen molar-refractivity contribution in [2.75, 3.05) is 16.4 Å². The molecule has 2 heterocycles. The maximum absolute atomic E-state index is 10.4. The summed E-state index contributed by atoms with van der Waals surface area (Å²) < 4.78 is 0. The lowest BCUT2D eigenvalue weighted by molar-refractivity contribution is -0.384. The van der Waals surface area contributed by atoms with Gasteiger partial charge in [-0.15, -0.1) is 22.7 Å². The van der Waals surface area contributed by atoms with Crippen LogP contribution in [0, 0.1) is 10.1 Å². The van der Waals surface area contributed by atoms with Gasteiger partial charge in [-0.3, -0.25) is 10.1 Å². The molecule has 0 amide bonds. The second kappa shape index (κ2) is 9.44. The maximum atomic E-state index is 10.4. The van der Waals surface area contributed by atoms with E-state index in [-0.39, 0.29) is 5.69 Å². The summed E-state index contributed by atoms with van der Waals surface area (Å²) in [6.07, 6.45) is 3.46. The number of nitro benzene ring substituents is 1. The van der Waals surface area contributed by atoms with E-state index in [0.29, 0.717) is 0 Å². The van der Waals surface area contributed by atoms with Gasteiger partial charge in [0.05, 0.1) is 4.92 Å². The molecule has 142 valence electrons. The monoisotopic (exact) mass is 412 g/mol. The maximum Gasteiger partial charge on any atom is 0.269 e. The largest absolute Gasteiger partial charge is 0.399 e. The summed E-state index contributed by atoms with van der Waals surface area (Å²) in [6.45, 7) is 0. The number of hydrogen-bond acceptors (Lipinski definition) is 9. The Balaban J connectivity index is 0.000000162. The van der Waals surface area contributed by atoms with Gasteiger partial charge in [0.2, 0.25) is 0 Å². The zero-order valence-corrected chi connectivity index (χ0v) is 16.1. The molecular weight excluding hydrogens is 396 g/mol. The second-order valence-electron chi connectivity index (χ2n) is 5.35. The van der Waals surface area contributed by atoms with Crippen molar-refractivity contribution in [1.82, 2.24) is 9.97 Å². The van der Waals surface area contributed by atoms with E-state index in [1.807, 2.05) is 35.0 Å². The third kappa shape index (κ3) is 5.76. The first-order chi connectivity index (χ1) is 13.6. The number of aromatic nitrogens is 2. The molecule has 2 aromatic heterocycles. The Morgan fingerprint density at radius 1 is 0.821 bits per heavy atom. The van der Waals surface area contributed by atoms with Crippen molar-refractivity contribution >= 4 is 55.7 Å². The Labute approximate surface area is 168 Å². The van der Waals surface area contributed by atoms with Crippen LogP contribution < -0.4 is 16.4 Å². The van der Waals surface area contributed by atoms with E-state index in [4.69, 9.17) is 5.73 Å². The Kier molecular flexibility index (Phi) is 6.50. The average Bonchev–Trinajstić information content (AvgIpc) is 3.39. The summed E-state index contributed by atoms with van der Waals surface area (Å²) in [5, 5.41) is 22.0. The Morgan fingerprint density at radius 2 is 1.29 bits per heavy atom. The Morgan fingerprint density at radius 3 is 1.68 bits per heavy atom. The highest BCUT2D eigenvalue weighted by molar-refractivity contribution is 7.13. The van der Waals surface area contributed by atoms with Crippen LogP contribution in [0.25, 0.3) is 0 Å². The van der Waals surface area contributed by atoms with Crippen molar-refractivity contribution in [3.63, 3.8) is 0 Å². The molecule has 0 fully saturated rings. The van der Waals surface area contributed by atoms with E-state index >= 15 is 0 Å². The van der Waals surface area contributed by atoms with E-state index in [9.17, 15) is 10.1 Å². The Bertz CT molecular complexity index is 988. The smallest absolute Gasteiger partial charge is 0.269 e. The number of benzene rings is 2. The molecule has 0 saturated carbocycles. The van der Waals surface area contributed by atoms with Gasteiger partial charge in [-0.2, -0.15) is 0 Å². The molecule has 4 rings (SSSR count). The first kappa shape index (κ1) is 19.3. The van der Waals surface area contributed by atoms with Crippen LogP contribution in [0.2, 0.25) is 0 Å². The molecule has 0 aliphatic rings. The third-order valence-corrected chi connectivity index (χ3v) is 4.73. The molecule has 4 aromatic rings. The van der Waals surface area contributed by atoms with E-state index in [2.05, 4.69) is 20.6 Å². The topological polar surface area (TPSA) is 119 Å². The van der Waals surface area contributed by atoms with Gasteiger partial charge in [-0.05, 0) is 36.4 Å². The van der Waals surface area contributed by atoms with Crippen molar-refractivity contribution in [3.8, 4) is 0 Å². The zero-order chi connectivity index (χ0) is 19.8. The van der Waals surface area contributed by atoms with Crippen LogP contribution in [-0.2, 0) is 0 Å². The van der Waals surface area contributed by atoms with E-state index in [0.717, 1.165) is 27.3 Å². The van der Waals surface area contributed by atoms with Crippen LogP contribution in [0.3, 0.4) is 0 Å². The fourth-order valence-electron chi connectivity index (χ4n) is 2.05. The Hall–Kier alpha value is -3.50. The number of non-ortho nitro benzene ring substituents is 1. The van der Waals surface area contributed by atoms with Crippen molar-refractivity contribution in [2.45, 2.75) is 0 Å². The SMILES string of the molecule is Nc1ccc(Nc2nccs2)cc1.O=[N+]([O-])c1ccc(Nc2nccs2)cc1. The van der Waals surface area contributed by atoms with Gasteiger partial charge in [0, 0.05) is 52.3 Å². The fraction of sp³-hybridized carbons (Fsp3) is 0. The summed E-state index contributed by atoms with van der Waals surface area (Å²) in [5.41, 5.74) is 8.20. The predicted octanol–water partition coefficient (Wildman–Crippen LogP) is 5.26. The fourth-order valence-corrected chi connectivity index (χ4v) is 3.15. The summed E-state index contributed by atoms with van der Waals surface area (Å²) in [4.78, 5) is 18.1. The van der Waals surface area contributed by atoms with Gasteiger partial charge in [-0.25, -0.2) is 9.97 Å². The number of nitro groups is 1. The molecule has 0 saturated heterocycles. The summed E-state index contributed by atoms with van der Waals surface area (Å²) in [6, 6.07) is 13.8. The minimum absolute atomic E-state index is 0.0830. The van der Waals surface area contributed by atoms with Crippen molar-refractivity contribution < 1.29 is 4.92 Å². The van der Waals surface area contributed by atoms with Crippen LogP contribution in [0.5, 0.6) is 0 Å². The number of thiazole rings is 2. The molecule has 2 aromatic carbocycles. The number of hydrogen-bond donors (Lipinski definition) is 3. The number of nitrogen functional groups attached to an aromatic ring is 1. The number of nitrogens with zero attached hydrogens (tertiary/aromatic N) is 3. The summed E-state index contributed by atoms with van der Waals surface area (Å²) >= 11 is 3.04. The van der Waals surface area contributed by atoms with Crippen LogP contribution in [-0.4, -0.2) is 14.9 Å². The van der Waals surface area contributed by atoms with Gasteiger partial charge in [0.25, 0.3) is 5.69 Å². The highest BCUT2D eigenvalue weighted by Gasteiger charge is 2.04. The number of nitrogens with two attached hydrogens (primary N) is 1.